The van der Waals surface area contributed by atoms with E-state index >= 15 is 0 Å². The van der Waals surface area contributed by atoms with E-state index in [1.54, 1.807) is 7.11 Å². The number of carbonyl (C=O) groups excluding carboxylic acids is 1. The highest BCUT2D eigenvalue weighted by Crippen LogP contribution is 2.30. The fourth-order valence-corrected chi connectivity index (χ4v) is 2.52. The van der Waals surface area contributed by atoms with Crippen LogP contribution in [0.4, 0.5) is 0 Å². The van der Waals surface area contributed by atoms with E-state index in [1.165, 1.54) is 0 Å². The van der Waals surface area contributed by atoms with Gasteiger partial charge in [-0.05, 0) is 37.1 Å². The van der Waals surface area contributed by atoms with Crippen LogP contribution in [0.5, 0.6) is 5.75 Å². The molecule has 1 amide bonds. The van der Waals surface area contributed by atoms with Gasteiger partial charge >= 0.3 is 0 Å². The van der Waals surface area contributed by atoms with Gasteiger partial charge in [0.2, 0.25) is 5.91 Å². The molecule has 0 aliphatic heterocycles. The molecular weight excluding hydrogens is 288 g/mol. The first-order valence-corrected chi connectivity index (χ1v) is 8.16. The second-order valence-electron chi connectivity index (χ2n) is 7.77. The molecule has 0 saturated heterocycles. The molecule has 0 heterocycles. The number of carbonyl (C=O) groups is 1. The quantitative estimate of drug-likeness (QED) is 0.847. The Kier molecular flexibility index (Phi) is 6.23. The Bertz CT molecular complexity index is 532. The lowest BCUT2D eigenvalue weighted by Gasteiger charge is -2.36. The predicted octanol–water partition coefficient (Wildman–Crippen LogP) is 3.11. The van der Waals surface area contributed by atoms with Gasteiger partial charge in [-0.15, -0.1) is 0 Å². The van der Waals surface area contributed by atoms with Crippen LogP contribution in [0.1, 0.15) is 47.1 Å². The summed E-state index contributed by atoms with van der Waals surface area (Å²) in [4.78, 5) is 12.8. The van der Waals surface area contributed by atoms with Crippen LogP contribution in [0.25, 0.3) is 0 Å². The highest BCUT2D eigenvalue weighted by atomic mass is 16.5. The summed E-state index contributed by atoms with van der Waals surface area (Å²) in [7, 11) is 3.48. The van der Waals surface area contributed by atoms with E-state index < -0.39 is 0 Å². The van der Waals surface area contributed by atoms with Crippen molar-refractivity contribution in [2.75, 3.05) is 14.2 Å². The van der Waals surface area contributed by atoms with Crippen LogP contribution in [0.15, 0.2) is 24.3 Å². The van der Waals surface area contributed by atoms with Gasteiger partial charge in [-0.25, -0.2) is 0 Å². The summed E-state index contributed by atoms with van der Waals surface area (Å²) in [6.07, 6.45) is 0. The topological polar surface area (TPSA) is 50.4 Å². The predicted molar refractivity (Wildman–Crippen MR) is 95.9 cm³/mol. The van der Waals surface area contributed by atoms with Crippen LogP contribution in [0.2, 0.25) is 0 Å². The molecule has 0 saturated carbocycles. The van der Waals surface area contributed by atoms with E-state index in [2.05, 4.69) is 45.3 Å². The zero-order valence-electron chi connectivity index (χ0n) is 15.8. The van der Waals surface area contributed by atoms with Crippen molar-refractivity contribution in [2.24, 2.45) is 5.41 Å². The van der Waals surface area contributed by atoms with Gasteiger partial charge < -0.3 is 15.4 Å². The van der Waals surface area contributed by atoms with E-state index in [0.717, 1.165) is 11.3 Å². The molecule has 130 valence electrons. The third-order valence-electron chi connectivity index (χ3n) is 4.74. The maximum absolute atomic E-state index is 12.8. The Morgan fingerprint density at radius 1 is 1.17 bits per heavy atom. The molecule has 2 N–H and O–H groups in total. The van der Waals surface area contributed by atoms with Gasteiger partial charge in [0.1, 0.15) is 5.75 Å². The molecule has 0 spiro atoms. The van der Waals surface area contributed by atoms with Crippen molar-refractivity contribution in [1.29, 1.82) is 0 Å². The highest BCUT2D eigenvalue weighted by Gasteiger charge is 2.37. The first-order valence-electron chi connectivity index (χ1n) is 8.16. The molecule has 0 aromatic heterocycles. The minimum Gasteiger partial charge on any atom is -0.497 e. The molecule has 1 rings (SSSR count). The number of methoxy groups -OCH3 is 1. The monoisotopic (exact) mass is 320 g/mol. The summed E-state index contributed by atoms with van der Waals surface area (Å²) >= 11 is 0. The molecule has 1 aromatic rings. The van der Waals surface area contributed by atoms with Crippen LogP contribution in [0.3, 0.4) is 0 Å². The third-order valence-corrected chi connectivity index (χ3v) is 4.74. The summed E-state index contributed by atoms with van der Waals surface area (Å²) in [6, 6.07) is 7.65. The molecular formula is C19H32N2O2. The van der Waals surface area contributed by atoms with Gasteiger partial charge in [-0.1, -0.05) is 46.8 Å². The SMILES string of the molecule is CNC(C(=O)NC(C)C(C)(C)C)C(C)(C)c1cccc(OC)c1. The normalized spacial score (nSPS) is 15.0. The summed E-state index contributed by atoms with van der Waals surface area (Å²) in [6.45, 7) is 12.6. The zero-order valence-corrected chi connectivity index (χ0v) is 15.8. The molecule has 4 heteroatoms. The van der Waals surface area contributed by atoms with Crippen LogP contribution >= 0.6 is 0 Å². The summed E-state index contributed by atoms with van der Waals surface area (Å²) < 4.78 is 5.31. The van der Waals surface area contributed by atoms with E-state index in [9.17, 15) is 4.79 Å². The molecule has 23 heavy (non-hydrogen) atoms. The standard InChI is InChI=1S/C19H32N2O2/c1-13(18(2,3)4)21-17(22)16(20-7)19(5,6)14-10-9-11-15(12-14)23-8/h9-13,16,20H,1-8H3,(H,21,22). The number of rotatable bonds is 6. The van der Waals surface area contributed by atoms with Crippen LogP contribution in [-0.4, -0.2) is 32.1 Å². The van der Waals surface area contributed by atoms with Crippen LogP contribution in [-0.2, 0) is 10.2 Å². The van der Waals surface area contributed by atoms with Gasteiger partial charge in [-0.2, -0.15) is 0 Å². The van der Waals surface area contributed by atoms with Gasteiger partial charge in [0.25, 0.3) is 0 Å². The minimum absolute atomic E-state index is 0.0164. The molecule has 0 aliphatic rings. The van der Waals surface area contributed by atoms with E-state index in [4.69, 9.17) is 4.74 Å². The molecule has 4 nitrogen and oxygen atoms in total. The van der Waals surface area contributed by atoms with Gasteiger partial charge in [-0.3, -0.25) is 4.79 Å². The zero-order chi connectivity index (χ0) is 17.8. The number of benzene rings is 1. The number of amides is 1. The number of hydrogen-bond acceptors (Lipinski definition) is 3. The van der Waals surface area contributed by atoms with Crippen molar-refractivity contribution in [3.63, 3.8) is 0 Å². The lowest BCUT2D eigenvalue weighted by atomic mass is 9.76. The van der Waals surface area contributed by atoms with E-state index in [0.29, 0.717) is 0 Å². The van der Waals surface area contributed by atoms with Crippen LogP contribution < -0.4 is 15.4 Å². The maximum Gasteiger partial charge on any atom is 0.238 e. The van der Waals surface area contributed by atoms with Gasteiger partial charge in [0.05, 0.1) is 13.2 Å². The largest absolute Gasteiger partial charge is 0.497 e. The van der Waals surface area contributed by atoms with Crippen molar-refractivity contribution in [2.45, 2.75) is 59.0 Å². The van der Waals surface area contributed by atoms with Crippen molar-refractivity contribution < 1.29 is 9.53 Å². The first kappa shape index (κ1) is 19.5. The summed E-state index contributed by atoms with van der Waals surface area (Å²) in [5.74, 6) is 0.816. The average molecular weight is 320 g/mol. The Hall–Kier alpha value is -1.55. The molecule has 1 aromatic carbocycles. The maximum atomic E-state index is 12.8. The van der Waals surface area contributed by atoms with Crippen molar-refractivity contribution in [3.8, 4) is 5.75 Å². The highest BCUT2D eigenvalue weighted by molar-refractivity contribution is 5.84. The molecule has 0 fully saturated rings. The van der Waals surface area contributed by atoms with Crippen molar-refractivity contribution >= 4 is 5.91 Å². The average Bonchev–Trinajstić information content (AvgIpc) is 2.46. The Morgan fingerprint density at radius 3 is 2.26 bits per heavy atom. The van der Waals surface area contributed by atoms with E-state index in [1.807, 2.05) is 38.2 Å². The number of nitrogens with one attached hydrogen (secondary N) is 2. The fourth-order valence-electron chi connectivity index (χ4n) is 2.52. The molecule has 2 atom stereocenters. The second-order valence-corrected chi connectivity index (χ2v) is 7.77. The van der Waals surface area contributed by atoms with Crippen molar-refractivity contribution in [3.05, 3.63) is 29.8 Å². The number of likely N-dealkylation sites (N-methyl/N-ethyl adjacent to an activating group) is 1. The molecule has 0 aliphatic carbocycles. The third kappa shape index (κ3) is 4.71. The molecule has 0 radical (unpaired) electrons. The van der Waals surface area contributed by atoms with Crippen molar-refractivity contribution in [1.82, 2.24) is 10.6 Å². The number of ether oxygens (including phenoxy) is 1. The minimum atomic E-state index is -0.370. The smallest absolute Gasteiger partial charge is 0.238 e. The Labute approximate surface area is 141 Å². The number of hydrogen-bond donors (Lipinski definition) is 2. The molecule has 0 bridgehead atoms. The fraction of sp³-hybridized carbons (Fsp3) is 0.632. The first-order chi connectivity index (χ1) is 10.5. The summed E-state index contributed by atoms with van der Waals surface area (Å²) in [5, 5.41) is 6.32. The van der Waals surface area contributed by atoms with E-state index in [-0.39, 0.29) is 28.8 Å². The summed E-state index contributed by atoms with van der Waals surface area (Å²) in [5.41, 5.74) is 0.716. The lowest BCUT2D eigenvalue weighted by molar-refractivity contribution is -0.125. The van der Waals surface area contributed by atoms with Gasteiger partial charge in [0, 0.05) is 11.5 Å². The Morgan fingerprint density at radius 2 is 1.78 bits per heavy atom. The van der Waals surface area contributed by atoms with Crippen LogP contribution in [0, 0.1) is 5.41 Å². The molecule has 2 unspecified atom stereocenters. The Balaban J connectivity index is 3.04. The second kappa shape index (κ2) is 7.35. The van der Waals surface area contributed by atoms with Gasteiger partial charge in [0.15, 0.2) is 0 Å². The lowest BCUT2D eigenvalue weighted by Crippen LogP contribution is -2.56.